The Hall–Kier alpha value is -3.08. The maximum atomic E-state index is 13.3. The van der Waals surface area contributed by atoms with Crippen LogP contribution in [0.1, 0.15) is 12.0 Å². The summed E-state index contributed by atoms with van der Waals surface area (Å²) in [6.45, 7) is 2.39. The molecule has 1 aromatic heterocycles. The van der Waals surface area contributed by atoms with Gasteiger partial charge in [-0.25, -0.2) is 9.37 Å². The van der Waals surface area contributed by atoms with Gasteiger partial charge in [0.25, 0.3) is 0 Å². The van der Waals surface area contributed by atoms with Crippen LogP contribution in [0.5, 0.6) is 17.4 Å². The fraction of sp³-hybridized carbons (Fsp3) is 0.280. The van der Waals surface area contributed by atoms with Gasteiger partial charge in [-0.2, -0.15) is 0 Å². The van der Waals surface area contributed by atoms with Crippen LogP contribution in [0.4, 0.5) is 10.1 Å². The summed E-state index contributed by atoms with van der Waals surface area (Å²) in [6, 6.07) is 18.0. The molecule has 2 N–H and O–H groups in total. The summed E-state index contributed by atoms with van der Waals surface area (Å²) in [5, 5.41) is 6.83. The fourth-order valence-corrected chi connectivity index (χ4v) is 3.79. The minimum Gasteiger partial charge on any atom is -0.495 e. The number of guanidine groups is 1. The molecule has 3 aromatic rings. The molecular formula is C25H29FIN5O2. The second kappa shape index (κ2) is 12.4. The number of nitrogens with zero attached hydrogens (tertiary/aromatic N) is 3. The van der Waals surface area contributed by atoms with Crippen LogP contribution in [0, 0.1) is 5.82 Å². The van der Waals surface area contributed by atoms with Gasteiger partial charge in [-0.05, 0) is 36.2 Å². The molecule has 1 fully saturated rings. The number of hydrogen-bond acceptors (Lipinski definition) is 5. The summed E-state index contributed by atoms with van der Waals surface area (Å²) in [7, 11) is 3.46. The monoisotopic (exact) mass is 577 g/mol. The molecule has 1 aliphatic heterocycles. The molecule has 0 bridgehead atoms. The van der Waals surface area contributed by atoms with E-state index < -0.39 is 0 Å². The number of aromatic nitrogens is 1. The summed E-state index contributed by atoms with van der Waals surface area (Å²) >= 11 is 0. The highest BCUT2D eigenvalue weighted by Gasteiger charge is 2.25. The van der Waals surface area contributed by atoms with Crippen molar-refractivity contribution in [1.29, 1.82) is 0 Å². The highest BCUT2D eigenvalue weighted by Crippen LogP contribution is 2.30. The second-order valence-corrected chi connectivity index (χ2v) is 7.74. The Balaban J connectivity index is 0.00000324. The zero-order valence-electron chi connectivity index (χ0n) is 19.2. The number of halogens is 2. The Morgan fingerprint density at radius 3 is 2.76 bits per heavy atom. The van der Waals surface area contributed by atoms with Crippen molar-refractivity contribution in [1.82, 2.24) is 15.6 Å². The average molecular weight is 577 g/mol. The van der Waals surface area contributed by atoms with E-state index in [1.54, 1.807) is 38.6 Å². The maximum Gasteiger partial charge on any atom is 0.219 e. The smallest absolute Gasteiger partial charge is 0.219 e. The highest BCUT2D eigenvalue weighted by molar-refractivity contribution is 14.0. The zero-order chi connectivity index (χ0) is 23.0. The van der Waals surface area contributed by atoms with Crippen LogP contribution in [0.15, 0.2) is 71.9 Å². The van der Waals surface area contributed by atoms with E-state index in [0.717, 1.165) is 42.5 Å². The van der Waals surface area contributed by atoms with Gasteiger partial charge in [0.2, 0.25) is 5.88 Å². The molecule has 180 valence electrons. The topological polar surface area (TPSA) is 71.0 Å². The predicted octanol–water partition coefficient (Wildman–Crippen LogP) is 4.58. The number of aliphatic imine (C=N–C) groups is 1. The number of anilines is 1. The van der Waals surface area contributed by atoms with Crippen molar-refractivity contribution in [3.63, 3.8) is 0 Å². The summed E-state index contributed by atoms with van der Waals surface area (Å²) < 4.78 is 24.4. The van der Waals surface area contributed by atoms with Crippen LogP contribution in [0.3, 0.4) is 0 Å². The van der Waals surface area contributed by atoms with Gasteiger partial charge in [0.1, 0.15) is 17.3 Å². The molecule has 34 heavy (non-hydrogen) atoms. The first kappa shape index (κ1) is 25.5. The van der Waals surface area contributed by atoms with Crippen LogP contribution in [0.2, 0.25) is 0 Å². The van der Waals surface area contributed by atoms with E-state index in [9.17, 15) is 4.39 Å². The molecular weight excluding hydrogens is 548 g/mol. The van der Waals surface area contributed by atoms with E-state index in [2.05, 4.69) is 31.6 Å². The lowest BCUT2D eigenvalue weighted by atomic mass is 10.2. The van der Waals surface area contributed by atoms with Crippen molar-refractivity contribution < 1.29 is 13.9 Å². The number of pyridine rings is 1. The van der Waals surface area contributed by atoms with Gasteiger partial charge >= 0.3 is 0 Å². The summed E-state index contributed by atoms with van der Waals surface area (Å²) in [4.78, 5) is 11.0. The fourth-order valence-electron chi connectivity index (χ4n) is 3.79. The number of benzene rings is 2. The first-order valence-corrected chi connectivity index (χ1v) is 10.9. The van der Waals surface area contributed by atoms with Gasteiger partial charge < -0.3 is 25.0 Å². The van der Waals surface area contributed by atoms with Crippen LogP contribution in [-0.4, -0.2) is 44.2 Å². The molecule has 2 heterocycles. The third-order valence-corrected chi connectivity index (χ3v) is 5.45. The molecule has 0 saturated carbocycles. The highest BCUT2D eigenvalue weighted by atomic mass is 127. The Morgan fingerprint density at radius 1 is 1.18 bits per heavy atom. The first-order valence-electron chi connectivity index (χ1n) is 10.9. The average Bonchev–Trinajstić information content (AvgIpc) is 3.31. The number of ether oxygens (including phenoxy) is 2. The van der Waals surface area contributed by atoms with Crippen molar-refractivity contribution in [2.24, 2.45) is 4.99 Å². The lowest BCUT2D eigenvalue weighted by Crippen LogP contribution is -2.44. The van der Waals surface area contributed by atoms with E-state index in [-0.39, 0.29) is 35.8 Å². The Morgan fingerprint density at radius 2 is 2.03 bits per heavy atom. The van der Waals surface area contributed by atoms with Crippen LogP contribution < -0.4 is 25.0 Å². The first-order chi connectivity index (χ1) is 16.1. The molecule has 1 saturated heterocycles. The lowest BCUT2D eigenvalue weighted by molar-refractivity contribution is 0.415. The Bertz CT molecular complexity index is 1100. The van der Waals surface area contributed by atoms with E-state index >= 15 is 0 Å². The molecule has 1 aliphatic rings. The van der Waals surface area contributed by atoms with Crippen molar-refractivity contribution in [3.8, 4) is 17.4 Å². The van der Waals surface area contributed by atoms with Crippen LogP contribution >= 0.6 is 24.0 Å². The number of rotatable bonds is 7. The summed E-state index contributed by atoms with van der Waals surface area (Å²) in [6.07, 6.45) is 2.74. The third-order valence-electron chi connectivity index (χ3n) is 5.45. The van der Waals surface area contributed by atoms with Gasteiger partial charge in [-0.1, -0.05) is 24.3 Å². The molecule has 7 nitrogen and oxygen atoms in total. The minimum atomic E-state index is -0.347. The van der Waals surface area contributed by atoms with Crippen LogP contribution in [-0.2, 0) is 6.54 Å². The molecule has 0 radical (unpaired) electrons. The minimum absolute atomic E-state index is 0. The molecule has 1 atom stereocenters. The Labute approximate surface area is 216 Å². The Kier molecular flexibility index (Phi) is 9.32. The van der Waals surface area contributed by atoms with Gasteiger partial charge in [0.15, 0.2) is 5.96 Å². The second-order valence-electron chi connectivity index (χ2n) is 7.74. The summed E-state index contributed by atoms with van der Waals surface area (Å²) in [5.41, 5.74) is 2.09. The number of nitrogens with one attached hydrogen (secondary N) is 2. The van der Waals surface area contributed by atoms with E-state index in [4.69, 9.17) is 9.47 Å². The van der Waals surface area contributed by atoms with Crippen molar-refractivity contribution in [3.05, 3.63) is 78.2 Å². The number of para-hydroxylation sites is 2. The zero-order valence-corrected chi connectivity index (χ0v) is 21.5. The quantitative estimate of drug-likeness (QED) is 0.244. The van der Waals surface area contributed by atoms with Gasteiger partial charge in [0.05, 0.1) is 12.8 Å². The molecule has 4 rings (SSSR count). The SMILES string of the molecule is CN=C(NCc1ccc(Oc2cccc(F)c2)nc1)NC1CCN(c2ccccc2OC)C1.I. The standard InChI is InChI=1S/C25H28FN5O2.HI/c1-27-25(30-20-12-13-31(17-20)22-8-3-4-9-23(22)32-2)29-16-18-10-11-24(28-15-18)33-21-7-5-6-19(26)14-21;/h3-11,14-15,20H,12-13,16-17H2,1-2H3,(H2,27,29,30);1H. The van der Waals surface area contributed by atoms with Gasteiger partial charge in [-0.15, -0.1) is 24.0 Å². The van der Waals surface area contributed by atoms with Gasteiger partial charge in [-0.3, -0.25) is 4.99 Å². The molecule has 0 aliphatic carbocycles. The van der Waals surface area contributed by atoms with Crippen LogP contribution in [0.25, 0.3) is 0 Å². The van der Waals surface area contributed by atoms with E-state index in [1.165, 1.54) is 12.1 Å². The lowest BCUT2D eigenvalue weighted by Gasteiger charge is -2.22. The van der Waals surface area contributed by atoms with E-state index in [1.807, 2.05) is 24.3 Å². The number of hydrogen-bond donors (Lipinski definition) is 2. The molecule has 2 aromatic carbocycles. The predicted molar refractivity (Wildman–Crippen MR) is 143 cm³/mol. The number of methoxy groups -OCH3 is 1. The normalized spacial score (nSPS) is 15.4. The van der Waals surface area contributed by atoms with Crippen molar-refractivity contribution in [2.75, 3.05) is 32.1 Å². The molecule has 9 heteroatoms. The van der Waals surface area contributed by atoms with Gasteiger partial charge in [0, 0.05) is 51.1 Å². The largest absolute Gasteiger partial charge is 0.495 e. The molecule has 1 unspecified atom stereocenters. The van der Waals surface area contributed by atoms with E-state index in [0.29, 0.717) is 18.2 Å². The third kappa shape index (κ3) is 6.72. The maximum absolute atomic E-state index is 13.3. The molecule has 0 spiro atoms. The summed E-state index contributed by atoms with van der Waals surface area (Å²) in [5.74, 6) is 2.10. The van der Waals surface area contributed by atoms with Crippen molar-refractivity contribution >= 4 is 35.6 Å². The van der Waals surface area contributed by atoms with Crippen molar-refractivity contribution in [2.45, 2.75) is 19.0 Å². The molecule has 0 amide bonds.